The molecule has 2 rings (SSSR count). The summed E-state index contributed by atoms with van der Waals surface area (Å²) in [6.07, 6.45) is -0.997. The highest BCUT2D eigenvalue weighted by atomic mass is 16.5. The molecule has 2 aromatic carbocycles. The van der Waals surface area contributed by atoms with Gasteiger partial charge in [-0.3, -0.25) is 4.79 Å². The Bertz CT molecular complexity index is 722. The fourth-order valence-electron chi connectivity index (χ4n) is 2.31. The highest BCUT2D eigenvalue weighted by molar-refractivity contribution is 5.93. The van der Waals surface area contributed by atoms with Crippen LogP contribution in [0, 0.1) is 0 Å². The van der Waals surface area contributed by atoms with Crippen molar-refractivity contribution in [2.24, 2.45) is 0 Å². The number of hydrogen-bond donors (Lipinski definition) is 0. The molecule has 0 fully saturated rings. The first-order valence-corrected chi connectivity index (χ1v) is 8.15. The highest BCUT2D eigenvalue weighted by Crippen LogP contribution is 2.20. The van der Waals surface area contributed by atoms with Gasteiger partial charge in [0.2, 0.25) is 0 Å². The third kappa shape index (κ3) is 5.60. The van der Waals surface area contributed by atoms with Gasteiger partial charge in [0, 0.05) is 5.57 Å². The molecule has 130 valence electrons. The molecule has 0 aliphatic carbocycles. The maximum atomic E-state index is 12.1. The van der Waals surface area contributed by atoms with E-state index in [9.17, 15) is 9.59 Å². The van der Waals surface area contributed by atoms with E-state index >= 15 is 0 Å². The lowest BCUT2D eigenvalue weighted by Gasteiger charge is -2.16. The zero-order valence-corrected chi connectivity index (χ0v) is 14.5. The van der Waals surface area contributed by atoms with Crippen LogP contribution in [0.3, 0.4) is 0 Å². The molecule has 4 nitrogen and oxygen atoms in total. The maximum absolute atomic E-state index is 12.1. The Morgan fingerprint density at radius 2 is 1.28 bits per heavy atom. The van der Waals surface area contributed by atoms with Crippen LogP contribution in [0.1, 0.15) is 43.6 Å². The van der Waals surface area contributed by atoms with E-state index in [1.165, 1.54) is 0 Å². The van der Waals surface area contributed by atoms with Crippen LogP contribution in [0.5, 0.6) is 0 Å². The lowest BCUT2D eigenvalue weighted by Crippen LogP contribution is -2.16. The zero-order chi connectivity index (χ0) is 18.2. The van der Waals surface area contributed by atoms with Crippen LogP contribution in [0.25, 0.3) is 0 Å². The summed E-state index contributed by atoms with van der Waals surface area (Å²) in [7, 11) is 0. The van der Waals surface area contributed by atoms with Crippen molar-refractivity contribution in [3.63, 3.8) is 0 Å². The molecule has 2 aromatic rings. The minimum atomic E-state index is -0.597. The van der Waals surface area contributed by atoms with Crippen LogP contribution >= 0.6 is 0 Å². The summed E-state index contributed by atoms with van der Waals surface area (Å²) < 4.78 is 10.7. The van der Waals surface area contributed by atoms with Crippen LogP contribution in [-0.4, -0.2) is 11.9 Å². The Balaban J connectivity index is 1.84. The molecule has 4 heteroatoms. The van der Waals surface area contributed by atoms with Gasteiger partial charge >= 0.3 is 11.9 Å². The van der Waals surface area contributed by atoms with Gasteiger partial charge in [-0.05, 0) is 25.0 Å². The third-order valence-electron chi connectivity index (χ3n) is 3.78. The molecule has 0 aromatic heterocycles. The van der Waals surface area contributed by atoms with Crippen molar-refractivity contribution in [1.82, 2.24) is 0 Å². The molecule has 0 N–H and O–H groups in total. The molecule has 25 heavy (non-hydrogen) atoms. The predicted molar refractivity (Wildman–Crippen MR) is 95.7 cm³/mol. The molecule has 2 unspecified atom stereocenters. The lowest BCUT2D eigenvalue weighted by atomic mass is 10.1. The molecular weight excluding hydrogens is 316 g/mol. The van der Waals surface area contributed by atoms with Gasteiger partial charge in [-0.2, -0.15) is 0 Å². The summed E-state index contributed by atoms with van der Waals surface area (Å²) in [4.78, 5) is 24.1. The Morgan fingerprint density at radius 3 is 1.76 bits per heavy atom. The van der Waals surface area contributed by atoms with Crippen molar-refractivity contribution in [1.29, 1.82) is 0 Å². The van der Waals surface area contributed by atoms with Crippen molar-refractivity contribution in [2.75, 3.05) is 0 Å². The van der Waals surface area contributed by atoms with Crippen molar-refractivity contribution >= 4 is 11.9 Å². The normalized spacial score (nSPS) is 12.7. The van der Waals surface area contributed by atoms with E-state index in [1.807, 2.05) is 60.7 Å². The summed E-state index contributed by atoms with van der Waals surface area (Å²) in [6, 6.07) is 18.8. The first-order valence-electron chi connectivity index (χ1n) is 8.15. The largest absolute Gasteiger partial charge is 0.458 e. The number of carbonyl (C=O) groups excluding carboxylic acids is 2. The van der Waals surface area contributed by atoms with Gasteiger partial charge in [0.1, 0.15) is 12.2 Å². The smallest absolute Gasteiger partial charge is 0.334 e. The minimum Gasteiger partial charge on any atom is -0.458 e. The van der Waals surface area contributed by atoms with Crippen molar-refractivity contribution < 1.29 is 19.1 Å². The SMILES string of the molecule is C=C(CC(=O)OC(C)c1ccccc1)C(=O)OC(C)c1ccccc1. The van der Waals surface area contributed by atoms with Gasteiger partial charge in [-0.15, -0.1) is 0 Å². The molecule has 0 amide bonds. The fourth-order valence-corrected chi connectivity index (χ4v) is 2.31. The van der Waals surface area contributed by atoms with Crippen LogP contribution in [0.2, 0.25) is 0 Å². The third-order valence-corrected chi connectivity index (χ3v) is 3.78. The highest BCUT2D eigenvalue weighted by Gasteiger charge is 2.19. The number of ether oxygens (including phenoxy) is 2. The van der Waals surface area contributed by atoms with Gasteiger partial charge in [0.15, 0.2) is 0 Å². The lowest BCUT2D eigenvalue weighted by molar-refractivity contribution is -0.151. The Labute approximate surface area is 148 Å². The van der Waals surface area contributed by atoms with Gasteiger partial charge in [0.25, 0.3) is 0 Å². The quantitative estimate of drug-likeness (QED) is 0.549. The molecule has 0 bridgehead atoms. The zero-order valence-electron chi connectivity index (χ0n) is 14.5. The van der Waals surface area contributed by atoms with Crippen LogP contribution in [-0.2, 0) is 19.1 Å². The fraction of sp³-hybridized carbons (Fsp3) is 0.238. The second-order valence-corrected chi connectivity index (χ2v) is 5.78. The van der Waals surface area contributed by atoms with Crippen molar-refractivity contribution in [3.8, 4) is 0 Å². The van der Waals surface area contributed by atoms with Gasteiger partial charge in [0.05, 0.1) is 6.42 Å². The predicted octanol–water partition coefficient (Wildman–Crippen LogP) is 4.54. The van der Waals surface area contributed by atoms with Crippen LogP contribution in [0.4, 0.5) is 0 Å². The Morgan fingerprint density at radius 1 is 0.840 bits per heavy atom. The molecule has 0 aliphatic heterocycles. The Hall–Kier alpha value is -2.88. The number of benzene rings is 2. The standard InChI is InChI=1S/C21H22O4/c1-15(21(23)25-17(3)19-12-8-5-9-13-19)14-20(22)24-16(2)18-10-6-4-7-11-18/h4-13,16-17H,1,14H2,2-3H3. The summed E-state index contributed by atoms with van der Waals surface area (Å²) in [5.41, 5.74) is 1.85. The van der Waals surface area contributed by atoms with Gasteiger partial charge in [-0.25, -0.2) is 4.79 Å². The minimum absolute atomic E-state index is 0.0769. The van der Waals surface area contributed by atoms with Gasteiger partial charge < -0.3 is 9.47 Å². The monoisotopic (exact) mass is 338 g/mol. The van der Waals surface area contributed by atoms with Crippen molar-refractivity contribution in [2.45, 2.75) is 32.5 Å². The van der Waals surface area contributed by atoms with Crippen LogP contribution < -0.4 is 0 Å². The Kier molecular flexibility index (Phi) is 6.52. The first-order chi connectivity index (χ1) is 12.0. The van der Waals surface area contributed by atoms with E-state index in [0.717, 1.165) is 11.1 Å². The number of carbonyl (C=O) groups is 2. The first kappa shape index (κ1) is 18.5. The summed E-state index contributed by atoms with van der Waals surface area (Å²) in [6.45, 7) is 7.20. The number of rotatable bonds is 7. The van der Waals surface area contributed by atoms with E-state index in [2.05, 4.69) is 6.58 Å². The average Bonchev–Trinajstić information content (AvgIpc) is 2.62. The van der Waals surface area contributed by atoms with E-state index in [1.54, 1.807) is 13.8 Å². The average molecular weight is 338 g/mol. The second-order valence-electron chi connectivity index (χ2n) is 5.78. The van der Waals surface area contributed by atoms with Crippen molar-refractivity contribution in [3.05, 3.63) is 83.9 Å². The molecule has 0 saturated carbocycles. The molecule has 0 aliphatic rings. The molecule has 0 saturated heterocycles. The number of hydrogen-bond acceptors (Lipinski definition) is 4. The summed E-state index contributed by atoms with van der Waals surface area (Å²) >= 11 is 0. The second kappa shape index (κ2) is 8.83. The molecule has 2 atom stereocenters. The summed E-state index contributed by atoms with van der Waals surface area (Å²) in [5, 5.41) is 0. The molecular formula is C21H22O4. The van der Waals surface area contributed by atoms with E-state index in [0.29, 0.717) is 0 Å². The summed E-state index contributed by atoms with van der Waals surface area (Å²) in [5.74, 6) is -1.11. The van der Waals surface area contributed by atoms with E-state index in [4.69, 9.17) is 9.47 Å². The molecule has 0 heterocycles. The van der Waals surface area contributed by atoms with E-state index in [-0.39, 0.29) is 18.1 Å². The molecule has 0 spiro atoms. The van der Waals surface area contributed by atoms with Gasteiger partial charge in [-0.1, -0.05) is 67.2 Å². The van der Waals surface area contributed by atoms with E-state index < -0.39 is 18.0 Å². The topological polar surface area (TPSA) is 52.6 Å². The molecule has 0 radical (unpaired) electrons. The van der Waals surface area contributed by atoms with Crippen LogP contribution in [0.15, 0.2) is 72.8 Å². The maximum Gasteiger partial charge on any atom is 0.334 e. The number of esters is 2.